The van der Waals surface area contributed by atoms with Gasteiger partial charge in [-0.2, -0.15) is 0 Å². The minimum atomic E-state index is -0.774. The van der Waals surface area contributed by atoms with E-state index in [1.807, 2.05) is 0 Å². The molecule has 1 heterocycles. The van der Waals surface area contributed by atoms with Crippen LogP contribution >= 0.6 is 0 Å². The number of carbonyl (C=O) groups excluding carboxylic acids is 1. The number of fused-ring (bicyclic) bond motifs is 2. The van der Waals surface area contributed by atoms with Gasteiger partial charge in [-0.05, 0) is 43.2 Å². The third kappa shape index (κ3) is 1.97. The van der Waals surface area contributed by atoms with Gasteiger partial charge in [0.2, 0.25) is 5.91 Å². The van der Waals surface area contributed by atoms with Crippen molar-refractivity contribution in [2.24, 2.45) is 11.8 Å². The predicted octanol–water partition coefficient (Wildman–Crippen LogP) is 2.21. The summed E-state index contributed by atoms with van der Waals surface area (Å²) in [4.78, 5) is 25.7. The summed E-state index contributed by atoms with van der Waals surface area (Å²) < 4.78 is 0. The van der Waals surface area contributed by atoms with E-state index < -0.39 is 5.97 Å². The van der Waals surface area contributed by atoms with E-state index in [0.29, 0.717) is 19.5 Å². The van der Waals surface area contributed by atoms with E-state index in [0.717, 1.165) is 25.7 Å². The topological polar surface area (TPSA) is 57.6 Å². The largest absolute Gasteiger partial charge is 0.481 e. The fourth-order valence-electron chi connectivity index (χ4n) is 4.54. The van der Waals surface area contributed by atoms with Gasteiger partial charge in [0.1, 0.15) is 0 Å². The summed E-state index contributed by atoms with van der Waals surface area (Å²) >= 11 is 0. The third-order valence-corrected chi connectivity index (χ3v) is 5.85. The molecule has 1 spiro atoms. The second-order valence-electron chi connectivity index (χ2n) is 7.03. The number of hydrogen-bond donors (Lipinski definition) is 1. The van der Waals surface area contributed by atoms with Crippen LogP contribution in [0.5, 0.6) is 0 Å². The number of likely N-dealkylation sites (tertiary alicyclic amines) is 1. The van der Waals surface area contributed by atoms with Crippen LogP contribution in [0.15, 0.2) is 24.3 Å². The molecular weight excluding hydrogens is 278 g/mol. The highest BCUT2D eigenvalue weighted by Crippen LogP contribution is 2.61. The van der Waals surface area contributed by atoms with E-state index in [-0.39, 0.29) is 23.2 Å². The highest BCUT2D eigenvalue weighted by atomic mass is 16.4. The molecule has 1 amide bonds. The fraction of sp³-hybridized carbons (Fsp3) is 0.556. The molecule has 4 rings (SSSR count). The molecule has 1 saturated heterocycles. The first-order valence-corrected chi connectivity index (χ1v) is 8.22. The second-order valence-corrected chi connectivity index (χ2v) is 7.03. The van der Waals surface area contributed by atoms with Gasteiger partial charge in [-0.15, -0.1) is 0 Å². The number of nitrogens with zero attached hydrogens (tertiary/aromatic N) is 1. The quantitative estimate of drug-likeness (QED) is 0.911. The van der Waals surface area contributed by atoms with E-state index in [9.17, 15) is 9.59 Å². The molecule has 1 aromatic carbocycles. The van der Waals surface area contributed by atoms with Gasteiger partial charge in [0, 0.05) is 24.4 Å². The van der Waals surface area contributed by atoms with Crippen LogP contribution in [0.25, 0.3) is 0 Å². The van der Waals surface area contributed by atoms with E-state index in [1.54, 1.807) is 4.90 Å². The van der Waals surface area contributed by atoms with E-state index in [1.165, 1.54) is 11.1 Å². The molecule has 1 N–H and O–H groups in total. The van der Waals surface area contributed by atoms with Gasteiger partial charge in [-0.1, -0.05) is 24.3 Å². The zero-order valence-electron chi connectivity index (χ0n) is 12.6. The minimum Gasteiger partial charge on any atom is -0.481 e. The number of amides is 1. The lowest BCUT2D eigenvalue weighted by Gasteiger charge is -2.27. The van der Waals surface area contributed by atoms with Gasteiger partial charge in [0.05, 0.1) is 5.92 Å². The number of aliphatic carboxylic acids is 1. The Morgan fingerprint density at radius 1 is 1.27 bits per heavy atom. The van der Waals surface area contributed by atoms with Crippen molar-refractivity contribution in [3.05, 3.63) is 35.4 Å². The average Bonchev–Trinajstić information content (AvgIpc) is 3.01. The van der Waals surface area contributed by atoms with Crippen molar-refractivity contribution in [1.29, 1.82) is 0 Å². The SMILES string of the molecule is O=C(O)C1CCN(C(=O)C2CC23CCCc2ccccc23)C1. The van der Waals surface area contributed by atoms with Crippen molar-refractivity contribution in [3.63, 3.8) is 0 Å². The molecule has 1 aliphatic heterocycles. The van der Waals surface area contributed by atoms with Gasteiger partial charge in [0.15, 0.2) is 0 Å². The van der Waals surface area contributed by atoms with E-state index in [4.69, 9.17) is 5.11 Å². The maximum atomic E-state index is 12.8. The molecule has 0 radical (unpaired) electrons. The van der Waals surface area contributed by atoms with Crippen LogP contribution in [0, 0.1) is 11.8 Å². The van der Waals surface area contributed by atoms with Crippen molar-refractivity contribution in [2.45, 2.75) is 37.5 Å². The third-order valence-electron chi connectivity index (χ3n) is 5.85. The summed E-state index contributed by atoms with van der Waals surface area (Å²) in [7, 11) is 0. The maximum Gasteiger partial charge on any atom is 0.308 e. The molecule has 3 aliphatic rings. The molecule has 4 heteroatoms. The van der Waals surface area contributed by atoms with Crippen LogP contribution in [-0.2, 0) is 21.4 Å². The predicted molar refractivity (Wildman–Crippen MR) is 81.5 cm³/mol. The molecule has 1 saturated carbocycles. The number of carboxylic acid groups (broad SMARTS) is 1. The van der Waals surface area contributed by atoms with Gasteiger partial charge in [-0.3, -0.25) is 9.59 Å². The summed E-state index contributed by atoms with van der Waals surface area (Å²) in [5, 5.41) is 9.10. The first kappa shape index (κ1) is 13.8. The van der Waals surface area contributed by atoms with Crippen molar-refractivity contribution < 1.29 is 14.7 Å². The summed E-state index contributed by atoms with van der Waals surface area (Å²) in [6.07, 6.45) is 4.90. The standard InChI is InChI=1S/C18H21NO3/c20-16(19-9-7-13(11-19)17(21)22)15-10-18(15)8-3-5-12-4-1-2-6-14(12)18/h1-2,4,6,13,15H,3,5,7-11H2,(H,21,22). The first-order chi connectivity index (χ1) is 10.6. The Labute approximate surface area is 130 Å². The van der Waals surface area contributed by atoms with Gasteiger partial charge in [-0.25, -0.2) is 0 Å². The van der Waals surface area contributed by atoms with Crippen molar-refractivity contribution in [1.82, 2.24) is 4.90 Å². The molecule has 1 aromatic rings. The van der Waals surface area contributed by atoms with Crippen LogP contribution in [0.1, 0.15) is 36.8 Å². The van der Waals surface area contributed by atoms with Crippen LogP contribution < -0.4 is 0 Å². The summed E-state index contributed by atoms with van der Waals surface area (Å²) in [5.41, 5.74) is 2.82. The molecule has 116 valence electrons. The molecule has 3 atom stereocenters. The lowest BCUT2D eigenvalue weighted by Crippen LogP contribution is -2.34. The number of aryl methyl sites for hydroxylation is 1. The normalized spacial score (nSPS) is 32.8. The Bertz CT molecular complexity index is 641. The van der Waals surface area contributed by atoms with Crippen LogP contribution in [0.3, 0.4) is 0 Å². The molecule has 4 nitrogen and oxygen atoms in total. The van der Waals surface area contributed by atoms with Crippen molar-refractivity contribution in [2.75, 3.05) is 13.1 Å². The second kappa shape index (κ2) is 4.83. The van der Waals surface area contributed by atoms with Gasteiger partial charge >= 0.3 is 5.97 Å². The molecular formula is C18H21NO3. The smallest absolute Gasteiger partial charge is 0.308 e. The monoisotopic (exact) mass is 299 g/mol. The number of carboxylic acids is 1. The Morgan fingerprint density at radius 2 is 2.09 bits per heavy atom. The lowest BCUT2D eigenvalue weighted by atomic mass is 9.78. The molecule has 3 unspecified atom stereocenters. The first-order valence-electron chi connectivity index (χ1n) is 8.22. The average molecular weight is 299 g/mol. The van der Waals surface area contributed by atoms with Crippen LogP contribution in [0.2, 0.25) is 0 Å². The van der Waals surface area contributed by atoms with Gasteiger partial charge < -0.3 is 10.0 Å². The van der Waals surface area contributed by atoms with Crippen molar-refractivity contribution >= 4 is 11.9 Å². The van der Waals surface area contributed by atoms with Gasteiger partial charge in [0.25, 0.3) is 0 Å². The zero-order chi connectivity index (χ0) is 15.3. The summed E-state index contributed by atoms with van der Waals surface area (Å²) in [6.45, 7) is 0.992. The van der Waals surface area contributed by atoms with E-state index in [2.05, 4.69) is 24.3 Å². The lowest BCUT2D eigenvalue weighted by molar-refractivity contribution is -0.141. The number of rotatable bonds is 2. The number of benzene rings is 1. The van der Waals surface area contributed by atoms with E-state index >= 15 is 0 Å². The Morgan fingerprint density at radius 3 is 2.86 bits per heavy atom. The zero-order valence-corrected chi connectivity index (χ0v) is 12.6. The van der Waals surface area contributed by atoms with Crippen LogP contribution in [-0.4, -0.2) is 35.0 Å². The highest BCUT2D eigenvalue weighted by Gasteiger charge is 2.61. The molecule has 0 bridgehead atoms. The Balaban J connectivity index is 1.53. The molecule has 2 fully saturated rings. The fourth-order valence-corrected chi connectivity index (χ4v) is 4.54. The molecule has 2 aliphatic carbocycles. The number of carbonyl (C=O) groups is 2. The summed E-state index contributed by atoms with van der Waals surface area (Å²) in [5.74, 6) is -0.900. The maximum absolute atomic E-state index is 12.8. The van der Waals surface area contributed by atoms with Crippen LogP contribution in [0.4, 0.5) is 0 Å². The number of hydrogen-bond acceptors (Lipinski definition) is 2. The summed E-state index contributed by atoms with van der Waals surface area (Å²) in [6, 6.07) is 8.52. The molecule has 22 heavy (non-hydrogen) atoms. The Kier molecular flexibility index (Phi) is 3.03. The van der Waals surface area contributed by atoms with Crippen molar-refractivity contribution in [3.8, 4) is 0 Å². The minimum absolute atomic E-state index is 0.0488. The highest BCUT2D eigenvalue weighted by molar-refractivity contribution is 5.86. The molecule has 0 aromatic heterocycles. The Hall–Kier alpha value is -1.84.